The Morgan fingerprint density at radius 3 is 2.47 bits per heavy atom. The third kappa shape index (κ3) is 3.69. The standard InChI is InChI=1S/C15H30N2/c1-3-16-15(14-9-5-4-6-10-14)12-17-11-7-8-13(17)2/h13-16H,3-12H2,1-2H3. The Morgan fingerprint density at radius 2 is 1.88 bits per heavy atom. The second-order valence-corrected chi connectivity index (χ2v) is 6.05. The second-order valence-electron chi connectivity index (χ2n) is 6.05. The molecule has 17 heavy (non-hydrogen) atoms. The predicted molar refractivity (Wildman–Crippen MR) is 74.3 cm³/mol. The van der Waals surface area contributed by atoms with Crippen LogP contribution in [0.4, 0.5) is 0 Å². The Balaban J connectivity index is 1.86. The van der Waals surface area contributed by atoms with Crippen LogP contribution in [0.3, 0.4) is 0 Å². The summed E-state index contributed by atoms with van der Waals surface area (Å²) >= 11 is 0. The number of rotatable bonds is 5. The highest BCUT2D eigenvalue weighted by Crippen LogP contribution is 2.28. The van der Waals surface area contributed by atoms with Crippen LogP contribution in [0.5, 0.6) is 0 Å². The Labute approximate surface area is 107 Å². The van der Waals surface area contributed by atoms with Crippen LogP contribution in [0.1, 0.15) is 58.8 Å². The molecule has 0 aromatic heterocycles. The van der Waals surface area contributed by atoms with E-state index in [9.17, 15) is 0 Å². The zero-order valence-electron chi connectivity index (χ0n) is 11.8. The molecule has 0 aromatic carbocycles. The lowest BCUT2D eigenvalue weighted by molar-refractivity contribution is 0.180. The Kier molecular flexibility index (Phi) is 5.30. The monoisotopic (exact) mass is 238 g/mol. The van der Waals surface area contributed by atoms with Crippen LogP contribution in [0.15, 0.2) is 0 Å². The summed E-state index contributed by atoms with van der Waals surface area (Å²) in [5, 5.41) is 3.76. The first-order valence-electron chi connectivity index (χ1n) is 7.78. The molecule has 2 atom stereocenters. The van der Waals surface area contributed by atoms with E-state index in [1.54, 1.807) is 0 Å². The van der Waals surface area contributed by atoms with Gasteiger partial charge in [-0.25, -0.2) is 0 Å². The van der Waals surface area contributed by atoms with Crippen LogP contribution in [-0.4, -0.2) is 36.6 Å². The van der Waals surface area contributed by atoms with Crippen LogP contribution >= 0.6 is 0 Å². The molecule has 0 spiro atoms. The van der Waals surface area contributed by atoms with E-state index in [1.165, 1.54) is 58.0 Å². The molecule has 1 saturated carbocycles. The lowest BCUT2D eigenvalue weighted by Gasteiger charge is -2.35. The highest BCUT2D eigenvalue weighted by molar-refractivity contribution is 4.85. The Morgan fingerprint density at radius 1 is 1.12 bits per heavy atom. The summed E-state index contributed by atoms with van der Waals surface area (Å²) in [5.74, 6) is 0.941. The molecule has 2 unspecified atom stereocenters. The molecular formula is C15H30N2. The molecule has 0 amide bonds. The number of hydrogen-bond acceptors (Lipinski definition) is 2. The van der Waals surface area contributed by atoms with Crippen molar-refractivity contribution in [3.05, 3.63) is 0 Å². The van der Waals surface area contributed by atoms with Gasteiger partial charge >= 0.3 is 0 Å². The minimum absolute atomic E-state index is 0.751. The lowest BCUT2D eigenvalue weighted by atomic mass is 9.83. The fourth-order valence-corrected chi connectivity index (χ4v) is 3.70. The van der Waals surface area contributed by atoms with E-state index in [0.717, 1.165) is 24.5 Å². The van der Waals surface area contributed by atoms with Crippen molar-refractivity contribution >= 4 is 0 Å². The summed E-state index contributed by atoms with van der Waals surface area (Å²) in [6, 6.07) is 1.57. The van der Waals surface area contributed by atoms with Crippen LogP contribution in [-0.2, 0) is 0 Å². The maximum Gasteiger partial charge on any atom is 0.0223 e. The van der Waals surface area contributed by atoms with Crippen molar-refractivity contribution in [3.63, 3.8) is 0 Å². The summed E-state index contributed by atoms with van der Waals surface area (Å²) in [4.78, 5) is 2.71. The third-order valence-corrected chi connectivity index (χ3v) is 4.81. The van der Waals surface area contributed by atoms with E-state index in [2.05, 4.69) is 24.1 Å². The van der Waals surface area contributed by atoms with E-state index in [4.69, 9.17) is 0 Å². The first kappa shape index (κ1) is 13.4. The SMILES string of the molecule is CCNC(CN1CCCC1C)C1CCCCC1. The molecule has 0 bridgehead atoms. The maximum atomic E-state index is 3.76. The number of nitrogens with zero attached hydrogens (tertiary/aromatic N) is 1. The number of hydrogen-bond donors (Lipinski definition) is 1. The molecule has 0 radical (unpaired) electrons. The number of nitrogens with one attached hydrogen (secondary N) is 1. The van der Waals surface area contributed by atoms with Gasteiger partial charge in [0.1, 0.15) is 0 Å². The predicted octanol–water partition coefficient (Wildman–Crippen LogP) is 3.03. The topological polar surface area (TPSA) is 15.3 Å². The van der Waals surface area contributed by atoms with Crippen LogP contribution in [0, 0.1) is 5.92 Å². The molecule has 100 valence electrons. The Bertz CT molecular complexity index is 211. The van der Waals surface area contributed by atoms with Gasteiger partial charge in [0.2, 0.25) is 0 Å². The molecule has 2 nitrogen and oxygen atoms in total. The molecule has 1 heterocycles. The smallest absolute Gasteiger partial charge is 0.0223 e. The summed E-state index contributed by atoms with van der Waals surface area (Å²) < 4.78 is 0. The first-order chi connectivity index (χ1) is 8.31. The number of likely N-dealkylation sites (tertiary alicyclic amines) is 1. The summed E-state index contributed by atoms with van der Waals surface area (Å²) in [6.07, 6.45) is 10.1. The van der Waals surface area contributed by atoms with Crippen molar-refractivity contribution in [3.8, 4) is 0 Å². The fraction of sp³-hybridized carbons (Fsp3) is 1.00. The zero-order valence-corrected chi connectivity index (χ0v) is 11.8. The van der Waals surface area contributed by atoms with Crippen molar-refractivity contribution in [1.29, 1.82) is 0 Å². The van der Waals surface area contributed by atoms with Gasteiger partial charge in [-0.2, -0.15) is 0 Å². The molecular weight excluding hydrogens is 208 g/mol. The van der Waals surface area contributed by atoms with Crippen molar-refractivity contribution < 1.29 is 0 Å². The van der Waals surface area contributed by atoms with Gasteiger partial charge in [0.05, 0.1) is 0 Å². The molecule has 2 aliphatic rings. The normalized spacial score (nSPS) is 29.6. The van der Waals surface area contributed by atoms with E-state index in [-0.39, 0.29) is 0 Å². The molecule has 1 aliphatic carbocycles. The van der Waals surface area contributed by atoms with Crippen molar-refractivity contribution in [2.24, 2.45) is 5.92 Å². The van der Waals surface area contributed by atoms with Gasteiger partial charge in [-0.3, -0.25) is 4.90 Å². The minimum atomic E-state index is 0.751. The van der Waals surface area contributed by atoms with E-state index in [0.29, 0.717) is 0 Å². The average Bonchev–Trinajstić information content (AvgIpc) is 2.76. The molecule has 2 rings (SSSR count). The molecule has 0 aromatic rings. The van der Waals surface area contributed by atoms with Gasteiger partial charge in [0.15, 0.2) is 0 Å². The third-order valence-electron chi connectivity index (χ3n) is 4.81. The highest BCUT2D eigenvalue weighted by Gasteiger charge is 2.28. The van der Waals surface area contributed by atoms with Crippen molar-refractivity contribution in [1.82, 2.24) is 10.2 Å². The molecule has 1 saturated heterocycles. The summed E-state index contributed by atoms with van der Waals surface area (Å²) in [5.41, 5.74) is 0. The first-order valence-corrected chi connectivity index (χ1v) is 7.78. The fourth-order valence-electron chi connectivity index (χ4n) is 3.70. The van der Waals surface area contributed by atoms with Gasteiger partial charge in [0.25, 0.3) is 0 Å². The van der Waals surface area contributed by atoms with E-state index >= 15 is 0 Å². The van der Waals surface area contributed by atoms with Gasteiger partial charge in [0, 0.05) is 18.6 Å². The molecule has 2 heteroatoms. The highest BCUT2D eigenvalue weighted by atomic mass is 15.2. The van der Waals surface area contributed by atoms with E-state index in [1.807, 2.05) is 0 Å². The Hall–Kier alpha value is -0.0800. The average molecular weight is 238 g/mol. The van der Waals surface area contributed by atoms with Crippen molar-refractivity contribution in [2.45, 2.75) is 70.9 Å². The van der Waals surface area contributed by atoms with Gasteiger partial charge in [-0.1, -0.05) is 26.2 Å². The van der Waals surface area contributed by atoms with Crippen LogP contribution in [0.25, 0.3) is 0 Å². The molecule has 2 fully saturated rings. The molecule has 1 N–H and O–H groups in total. The number of likely N-dealkylation sites (N-methyl/N-ethyl adjacent to an activating group) is 1. The van der Waals surface area contributed by atoms with Gasteiger partial charge in [-0.05, 0) is 51.6 Å². The maximum absolute atomic E-state index is 3.76. The summed E-state index contributed by atoms with van der Waals surface area (Å²) in [6.45, 7) is 8.40. The zero-order chi connectivity index (χ0) is 12.1. The van der Waals surface area contributed by atoms with Crippen molar-refractivity contribution in [2.75, 3.05) is 19.6 Å². The summed E-state index contributed by atoms with van der Waals surface area (Å²) in [7, 11) is 0. The lowest BCUT2D eigenvalue weighted by Crippen LogP contribution is -2.47. The minimum Gasteiger partial charge on any atom is -0.313 e. The van der Waals surface area contributed by atoms with Crippen LogP contribution < -0.4 is 5.32 Å². The van der Waals surface area contributed by atoms with Gasteiger partial charge in [-0.15, -0.1) is 0 Å². The van der Waals surface area contributed by atoms with E-state index < -0.39 is 0 Å². The largest absolute Gasteiger partial charge is 0.313 e. The molecule has 1 aliphatic heterocycles. The van der Waals surface area contributed by atoms with Crippen LogP contribution in [0.2, 0.25) is 0 Å². The second kappa shape index (κ2) is 6.75. The van der Waals surface area contributed by atoms with Gasteiger partial charge < -0.3 is 5.32 Å². The quantitative estimate of drug-likeness (QED) is 0.792.